The van der Waals surface area contributed by atoms with Crippen LogP contribution in [0.3, 0.4) is 0 Å². The number of aliphatic hydroxyl groups is 1. The lowest BCUT2D eigenvalue weighted by molar-refractivity contribution is -0.136. The first kappa shape index (κ1) is 15.8. The summed E-state index contributed by atoms with van der Waals surface area (Å²) >= 11 is 12.1. The highest BCUT2D eigenvalue weighted by atomic mass is 35.5. The molecule has 1 saturated heterocycles. The molecule has 1 aromatic carbocycles. The van der Waals surface area contributed by atoms with Crippen molar-refractivity contribution in [3.05, 3.63) is 39.4 Å². The van der Waals surface area contributed by atoms with Crippen LogP contribution < -0.4 is 0 Å². The van der Waals surface area contributed by atoms with Crippen LogP contribution in [0.15, 0.2) is 23.8 Å². The van der Waals surface area contributed by atoms with E-state index >= 15 is 0 Å². The first-order valence-corrected chi connectivity index (χ1v) is 7.86. The molecule has 3 atom stereocenters. The minimum Gasteiger partial charge on any atom is -0.466 e. The number of hydrogen-bond donors (Lipinski definition) is 1. The molecule has 118 valence electrons. The maximum absolute atomic E-state index is 12.3. The van der Waals surface area contributed by atoms with Gasteiger partial charge >= 0.3 is 5.97 Å². The minimum atomic E-state index is -0.449. The number of esters is 1. The van der Waals surface area contributed by atoms with Gasteiger partial charge in [0, 0.05) is 12.1 Å². The Morgan fingerprint density at radius 1 is 1.36 bits per heavy atom. The van der Waals surface area contributed by atoms with Crippen molar-refractivity contribution in [1.29, 1.82) is 0 Å². The highest BCUT2D eigenvalue weighted by Crippen LogP contribution is 2.43. The van der Waals surface area contributed by atoms with Crippen LogP contribution in [0, 0.1) is 0 Å². The molecule has 4 nitrogen and oxygen atoms in total. The molecule has 6 heteroatoms. The first-order valence-electron chi connectivity index (χ1n) is 7.10. The highest BCUT2D eigenvalue weighted by molar-refractivity contribution is 6.42. The quantitative estimate of drug-likeness (QED) is 0.840. The average Bonchev–Trinajstić information content (AvgIpc) is 2.68. The third-order valence-corrected chi connectivity index (χ3v) is 5.41. The Morgan fingerprint density at radius 2 is 2.09 bits per heavy atom. The molecule has 2 bridgehead atoms. The van der Waals surface area contributed by atoms with E-state index in [1.807, 2.05) is 13.1 Å². The van der Waals surface area contributed by atoms with Crippen molar-refractivity contribution < 1.29 is 14.6 Å². The number of nitrogens with zero attached hydrogens (tertiary/aromatic N) is 1. The molecule has 3 rings (SSSR count). The Balaban J connectivity index is 2.14. The number of carbonyl (C=O) groups excluding carboxylic acids is 1. The molecule has 0 radical (unpaired) electrons. The van der Waals surface area contributed by atoms with E-state index in [2.05, 4.69) is 4.90 Å². The van der Waals surface area contributed by atoms with Gasteiger partial charge < -0.3 is 9.84 Å². The number of halogens is 2. The topological polar surface area (TPSA) is 49.8 Å². The minimum absolute atomic E-state index is 0.00265. The van der Waals surface area contributed by atoms with Gasteiger partial charge in [0.2, 0.25) is 0 Å². The fraction of sp³-hybridized carbons (Fsp3) is 0.438. The lowest BCUT2D eigenvalue weighted by Gasteiger charge is -2.34. The van der Waals surface area contributed by atoms with E-state index in [1.165, 1.54) is 7.11 Å². The fourth-order valence-corrected chi connectivity index (χ4v) is 3.80. The van der Waals surface area contributed by atoms with Crippen molar-refractivity contribution in [1.82, 2.24) is 4.90 Å². The second kappa shape index (κ2) is 5.85. The van der Waals surface area contributed by atoms with Crippen molar-refractivity contribution in [3.63, 3.8) is 0 Å². The molecule has 0 saturated carbocycles. The predicted molar refractivity (Wildman–Crippen MR) is 86.0 cm³/mol. The van der Waals surface area contributed by atoms with Gasteiger partial charge in [-0.3, -0.25) is 4.90 Å². The molecular formula is C16H17Cl2NO3. The molecule has 1 N–H and O–H groups in total. The summed E-state index contributed by atoms with van der Waals surface area (Å²) in [5.41, 5.74) is 2.35. The monoisotopic (exact) mass is 341 g/mol. The van der Waals surface area contributed by atoms with Crippen molar-refractivity contribution in [2.45, 2.75) is 31.0 Å². The summed E-state index contributed by atoms with van der Waals surface area (Å²) in [6.07, 6.45) is 0.669. The maximum atomic E-state index is 12.3. The fourth-order valence-electron chi connectivity index (χ4n) is 3.50. The predicted octanol–water partition coefficient (Wildman–Crippen LogP) is 2.76. The van der Waals surface area contributed by atoms with Crippen LogP contribution in [0.4, 0.5) is 0 Å². The second-order valence-corrected chi connectivity index (χ2v) is 6.58. The zero-order valence-electron chi connectivity index (χ0n) is 12.3. The Kier molecular flexibility index (Phi) is 4.21. The molecule has 22 heavy (non-hydrogen) atoms. The molecule has 2 heterocycles. The van der Waals surface area contributed by atoms with E-state index < -0.39 is 6.10 Å². The third kappa shape index (κ3) is 2.44. The normalized spacial score (nSPS) is 28.1. The lowest BCUT2D eigenvalue weighted by atomic mass is 9.88. The molecule has 0 amide bonds. The number of methoxy groups -OCH3 is 1. The van der Waals surface area contributed by atoms with Crippen molar-refractivity contribution in [3.8, 4) is 0 Å². The standard InChI is InChI=1S/C16H17Cl2NO3/c1-19-12-6-9(8-3-4-10(17)11(18)5-8)15(16(21)22-2)13(19)7-14(12)20/h3-5,12-14,20H,6-7H2,1-2H3/t12-,13-,14+/m1/s1. The molecule has 2 aliphatic rings. The number of likely N-dealkylation sites (N-methyl/N-ethyl adjacent to an activating group) is 1. The Bertz CT molecular complexity index is 659. The third-order valence-electron chi connectivity index (χ3n) is 4.67. The summed E-state index contributed by atoms with van der Waals surface area (Å²) in [5, 5.41) is 11.2. The van der Waals surface area contributed by atoms with Crippen molar-refractivity contribution >= 4 is 34.7 Å². The zero-order valence-corrected chi connectivity index (χ0v) is 13.9. The molecule has 2 aliphatic heterocycles. The van der Waals surface area contributed by atoms with Crippen LogP contribution in [0.5, 0.6) is 0 Å². The smallest absolute Gasteiger partial charge is 0.335 e. The molecule has 0 unspecified atom stereocenters. The number of carbonyl (C=O) groups is 1. The van der Waals surface area contributed by atoms with Gasteiger partial charge in [0.25, 0.3) is 0 Å². The second-order valence-electron chi connectivity index (χ2n) is 5.77. The van der Waals surface area contributed by atoms with Gasteiger partial charge in [-0.1, -0.05) is 29.3 Å². The summed E-state index contributed by atoms with van der Waals surface area (Å²) in [5.74, 6) is -0.356. The van der Waals surface area contributed by atoms with Gasteiger partial charge in [0.15, 0.2) is 0 Å². The summed E-state index contributed by atoms with van der Waals surface area (Å²) in [6, 6.07) is 5.20. The van der Waals surface area contributed by atoms with Crippen molar-refractivity contribution in [2.24, 2.45) is 0 Å². The molecule has 0 aliphatic carbocycles. The molecule has 0 spiro atoms. The van der Waals surface area contributed by atoms with Crippen molar-refractivity contribution in [2.75, 3.05) is 14.2 Å². The largest absolute Gasteiger partial charge is 0.466 e. The number of fused-ring (bicyclic) bond motifs is 2. The van der Waals surface area contributed by atoms with Gasteiger partial charge in [-0.25, -0.2) is 4.79 Å². The van der Waals surface area contributed by atoms with Gasteiger partial charge in [-0.15, -0.1) is 0 Å². The lowest BCUT2D eigenvalue weighted by Crippen LogP contribution is -2.42. The van der Waals surface area contributed by atoms with Crippen LogP contribution in [-0.2, 0) is 9.53 Å². The SMILES string of the molecule is COC(=O)C1=C(c2ccc(Cl)c(Cl)c2)C[C@@H]2[C@@H](O)C[C@H]1N2C. The van der Waals surface area contributed by atoms with E-state index in [0.29, 0.717) is 28.5 Å². The van der Waals surface area contributed by atoms with Crippen LogP contribution in [0.2, 0.25) is 10.0 Å². The van der Waals surface area contributed by atoms with Gasteiger partial charge in [-0.05, 0) is 43.2 Å². The number of rotatable bonds is 2. The van der Waals surface area contributed by atoms with Gasteiger partial charge in [0.1, 0.15) is 0 Å². The van der Waals surface area contributed by atoms with Gasteiger partial charge in [-0.2, -0.15) is 0 Å². The number of benzene rings is 1. The van der Waals surface area contributed by atoms with E-state index in [4.69, 9.17) is 27.9 Å². The van der Waals surface area contributed by atoms with Gasteiger partial charge in [0.05, 0.1) is 28.8 Å². The first-order chi connectivity index (χ1) is 10.4. The number of ether oxygens (including phenoxy) is 1. The molecule has 0 aromatic heterocycles. The van der Waals surface area contributed by atoms with E-state index in [1.54, 1.807) is 12.1 Å². The Morgan fingerprint density at radius 3 is 2.73 bits per heavy atom. The summed E-state index contributed by atoms with van der Waals surface area (Å²) in [7, 11) is 3.30. The average molecular weight is 342 g/mol. The van der Waals surface area contributed by atoms with Crippen LogP contribution in [0.25, 0.3) is 5.57 Å². The molecular weight excluding hydrogens is 325 g/mol. The summed E-state index contributed by atoms with van der Waals surface area (Å²) < 4.78 is 4.97. The highest BCUT2D eigenvalue weighted by Gasteiger charge is 2.47. The molecule has 1 aromatic rings. The van der Waals surface area contributed by atoms with Crippen LogP contribution in [0.1, 0.15) is 18.4 Å². The zero-order chi connectivity index (χ0) is 16.0. The van der Waals surface area contributed by atoms with E-state index in [-0.39, 0.29) is 18.1 Å². The molecule has 1 fully saturated rings. The Labute approximate surface area is 139 Å². The van der Waals surface area contributed by atoms with Crippen LogP contribution in [-0.4, -0.2) is 48.3 Å². The summed E-state index contributed by atoms with van der Waals surface area (Å²) in [6.45, 7) is 0. The number of hydrogen-bond acceptors (Lipinski definition) is 4. The van der Waals surface area contributed by atoms with Crippen LogP contribution >= 0.6 is 23.2 Å². The summed E-state index contributed by atoms with van der Waals surface area (Å²) in [4.78, 5) is 14.3. The number of aliphatic hydroxyl groups excluding tert-OH is 1. The maximum Gasteiger partial charge on any atom is 0.335 e. The van der Waals surface area contributed by atoms with E-state index in [0.717, 1.165) is 11.1 Å². The Hall–Kier alpha value is -1.07. The van der Waals surface area contributed by atoms with E-state index in [9.17, 15) is 9.90 Å².